The molecule has 0 radical (unpaired) electrons. The van der Waals surface area contributed by atoms with Crippen LogP contribution in [0.4, 0.5) is 0 Å². The molecule has 3 aromatic rings. The lowest BCUT2D eigenvalue weighted by molar-refractivity contribution is 0.161. The van der Waals surface area contributed by atoms with Gasteiger partial charge in [0.15, 0.2) is 0 Å². The summed E-state index contributed by atoms with van der Waals surface area (Å²) < 4.78 is 0. The molecule has 0 amide bonds. The van der Waals surface area contributed by atoms with Gasteiger partial charge in [-0.3, -0.25) is 10.3 Å². The van der Waals surface area contributed by atoms with Crippen molar-refractivity contribution in [2.45, 2.75) is 44.6 Å². The summed E-state index contributed by atoms with van der Waals surface area (Å²) in [7, 11) is 0. The highest BCUT2D eigenvalue weighted by atomic mass is 15.2. The van der Waals surface area contributed by atoms with E-state index in [-0.39, 0.29) is 5.84 Å². The minimum absolute atomic E-state index is 0.122. The predicted molar refractivity (Wildman–Crippen MR) is 135 cm³/mol. The zero-order valence-electron chi connectivity index (χ0n) is 19.1. The number of nitrogens with one attached hydrogen (secondary N) is 1. The first-order valence-corrected chi connectivity index (χ1v) is 11.8. The number of fused-ring (bicyclic) bond motifs is 2. The standard InChI is InChI=1S/C29H33N3/c1-4-12-32-13-11-19-5-8-23(16-27(19)28(32)18(2)3)26-17-25(26)22-9-6-21-15-24(29(30)31)10-7-20(21)14-22/h4-10,14-16,18,25-26,28H,1,11-13,17H2,2-3H3,(H3,30,31). The van der Waals surface area contributed by atoms with E-state index < -0.39 is 0 Å². The van der Waals surface area contributed by atoms with E-state index in [0.29, 0.717) is 23.8 Å². The highest BCUT2D eigenvalue weighted by molar-refractivity contribution is 5.99. The van der Waals surface area contributed by atoms with Crippen molar-refractivity contribution < 1.29 is 0 Å². The van der Waals surface area contributed by atoms with E-state index in [1.807, 2.05) is 18.2 Å². The highest BCUT2D eigenvalue weighted by Gasteiger charge is 2.40. The average molecular weight is 424 g/mol. The summed E-state index contributed by atoms with van der Waals surface area (Å²) in [5.41, 5.74) is 12.4. The van der Waals surface area contributed by atoms with Crippen molar-refractivity contribution in [1.82, 2.24) is 4.90 Å². The predicted octanol–water partition coefficient (Wildman–Crippen LogP) is 6.14. The van der Waals surface area contributed by atoms with E-state index in [0.717, 1.165) is 30.5 Å². The number of nitrogen functional groups attached to an aromatic ring is 1. The molecule has 0 bridgehead atoms. The van der Waals surface area contributed by atoms with Gasteiger partial charge >= 0.3 is 0 Å². The van der Waals surface area contributed by atoms with Gasteiger partial charge in [0, 0.05) is 24.7 Å². The van der Waals surface area contributed by atoms with Gasteiger partial charge in [0.25, 0.3) is 0 Å². The molecule has 3 N–H and O–H groups in total. The Labute approximate surface area is 191 Å². The largest absolute Gasteiger partial charge is 0.384 e. The van der Waals surface area contributed by atoms with Gasteiger partial charge in [0.2, 0.25) is 0 Å². The minimum Gasteiger partial charge on any atom is -0.384 e. The molecule has 1 fully saturated rings. The molecule has 1 aliphatic carbocycles. The number of hydrogen-bond acceptors (Lipinski definition) is 2. The van der Waals surface area contributed by atoms with Crippen molar-refractivity contribution >= 4 is 16.6 Å². The van der Waals surface area contributed by atoms with Crippen molar-refractivity contribution in [2.24, 2.45) is 11.7 Å². The molecule has 3 heteroatoms. The Morgan fingerprint density at radius 1 is 1.06 bits per heavy atom. The number of amidine groups is 1. The second-order valence-corrected chi connectivity index (χ2v) is 9.86. The normalized spacial score (nSPS) is 22.7. The molecule has 1 heterocycles. The van der Waals surface area contributed by atoms with Crippen LogP contribution in [-0.2, 0) is 6.42 Å². The molecule has 3 aromatic carbocycles. The van der Waals surface area contributed by atoms with E-state index in [1.165, 1.54) is 34.1 Å². The minimum atomic E-state index is 0.122. The average Bonchev–Trinajstić information content (AvgIpc) is 3.58. The van der Waals surface area contributed by atoms with Crippen molar-refractivity contribution in [3.05, 3.63) is 95.1 Å². The second kappa shape index (κ2) is 8.22. The number of nitrogens with zero attached hydrogens (tertiary/aromatic N) is 1. The van der Waals surface area contributed by atoms with E-state index >= 15 is 0 Å². The van der Waals surface area contributed by atoms with Gasteiger partial charge in [-0.1, -0.05) is 68.5 Å². The third-order valence-corrected chi connectivity index (χ3v) is 7.37. The zero-order valence-corrected chi connectivity index (χ0v) is 19.1. The Hall–Kier alpha value is -2.91. The molecule has 3 unspecified atom stereocenters. The number of benzene rings is 3. The molecule has 2 aliphatic rings. The van der Waals surface area contributed by atoms with Crippen molar-refractivity contribution in [3.8, 4) is 0 Å². The molecule has 3 nitrogen and oxygen atoms in total. The van der Waals surface area contributed by atoms with E-state index in [2.05, 4.69) is 67.8 Å². The quantitative estimate of drug-likeness (QED) is 0.284. The maximum absolute atomic E-state index is 7.67. The summed E-state index contributed by atoms with van der Waals surface area (Å²) in [6.07, 6.45) is 4.40. The molecule has 3 atom stereocenters. The molecule has 0 saturated heterocycles. The van der Waals surface area contributed by atoms with Crippen LogP contribution in [0.25, 0.3) is 10.8 Å². The first-order chi connectivity index (χ1) is 15.5. The Balaban J connectivity index is 1.41. The SMILES string of the molecule is C=CCN1CCc2ccc(C3CC3c3ccc4cc(C(=N)N)ccc4c3)cc2C1C(C)C. The molecule has 5 rings (SSSR count). The molecular formula is C29H33N3. The molecule has 1 saturated carbocycles. The van der Waals surface area contributed by atoms with Gasteiger partial charge in [0.1, 0.15) is 5.84 Å². The van der Waals surface area contributed by atoms with Crippen LogP contribution in [0.15, 0.2) is 67.3 Å². The molecule has 0 aromatic heterocycles. The lowest BCUT2D eigenvalue weighted by Crippen LogP contribution is -2.38. The van der Waals surface area contributed by atoms with Crippen LogP contribution < -0.4 is 5.73 Å². The Morgan fingerprint density at radius 3 is 2.47 bits per heavy atom. The number of rotatable bonds is 6. The molecular weight excluding hydrogens is 390 g/mol. The summed E-state index contributed by atoms with van der Waals surface area (Å²) in [5, 5.41) is 10.0. The molecule has 164 valence electrons. The van der Waals surface area contributed by atoms with Crippen LogP contribution in [0.5, 0.6) is 0 Å². The van der Waals surface area contributed by atoms with E-state index in [4.69, 9.17) is 11.1 Å². The number of hydrogen-bond donors (Lipinski definition) is 2. The monoisotopic (exact) mass is 423 g/mol. The van der Waals surface area contributed by atoms with Gasteiger partial charge in [-0.25, -0.2) is 0 Å². The van der Waals surface area contributed by atoms with Crippen LogP contribution >= 0.6 is 0 Å². The van der Waals surface area contributed by atoms with Crippen LogP contribution in [0, 0.1) is 11.3 Å². The summed E-state index contributed by atoms with van der Waals surface area (Å²) in [6, 6.07) is 20.6. The van der Waals surface area contributed by atoms with E-state index in [9.17, 15) is 0 Å². The fraction of sp³-hybridized carbons (Fsp3) is 0.345. The lowest BCUT2D eigenvalue weighted by atomic mass is 9.84. The summed E-state index contributed by atoms with van der Waals surface area (Å²) in [4.78, 5) is 2.59. The molecule has 32 heavy (non-hydrogen) atoms. The second-order valence-electron chi connectivity index (χ2n) is 9.86. The lowest BCUT2D eigenvalue weighted by Gasteiger charge is -2.39. The Kier molecular flexibility index (Phi) is 5.38. The van der Waals surface area contributed by atoms with Gasteiger partial charge in [-0.05, 0) is 69.7 Å². The fourth-order valence-electron chi connectivity index (χ4n) is 5.69. The first-order valence-electron chi connectivity index (χ1n) is 11.8. The van der Waals surface area contributed by atoms with Crippen LogP contribution in [0.3, 0.4) is 0 Å². The topological polar surface area (TPSA) is 53.1 Å². The third-order valence-electron chi connectivity index (χ3n) is 7.37. The smallest absolute Gasteiger partial charge is 0.122 e. The number of nitrogens with two attached hydrogens (primary N) is 1. The van der Waals surface area contributed by atoms with Gasteiger partial charge in [-0.2, -0.15) is 0 Å². The van der Waals surface area contributed by atoms with Gasteiger partial charge in [-0.15, -0.1) is 6.58 Å². The Morgan fingerprint density at radius 2 is 1.75 bits per heavy atom. The maximum atomic E-state index is 7.67. The van der Waals surface area contributed by atoms with Gasteiger partial charge < -0.3 is 5.73 Å². The summed E-state index contributed by atoms with van der Waals surface area (Å²) in [6.45, 7) is 10.7. The van der Waals surface area contributed by atoms with Crippen LogP contribution in [0.2, 0.25) is 0 Å². The third kappa shape index (κ3) is 3.75. The van der Waals surface area contributed by atoms with Crippen LogP contribution in [-0.4, -0.2) is 23.8 Å². The van der Waals surface area contributed by atoms with Crippen molar-refractivity contribution in [2.75, 3.05) is 13.1 Å². The summed E-state index contributed by atoms with van der Waals surface area (Å²) >= 11 is 0. The van der Waals surface area contributed by atoms with E-state index in [1.54, 1.807) is 0 Å². The zero-order chi connectivity index (χ0) is 22.4. The fourth-order valence-corrected chi connectivity index (χ4v) is 5.69. The molecule has 1 aliphatic heterocycles. The maximum Gasteiger partial charge on any atom is 0.122 e. The van der Waals surface area contributed by atoms with Crippen LogP contribution in [0.1, 0.15) is 66.0 Å². The van der Waals surface area contributed by atoms with Crippen molar-refractivity contribution in [3.63, 3.8) is 0 Å². The van der Waals surface area contributed by atoms with Gasteiger partial charge in [0.05, 0.1) is 0 Å². The molecule has 0 spiro atoms. The summed E-state index contributed by atoms with van der Waals surface area (Å²) in [5.74, 6) is 1.91. The van der Waals surface area contributed by atoms with Crippen molar-refractivity contribution in [1.29, 1.82) is 5.41 Å². The first kappa shape index (κ1) is 21.0. The Bertz CT molecular complexity index is 1190. The highest BCUT2D eigenvalue weighted by Crippen LogP contribution is 2.55.